The Labute approximate surface area is 220 Å². The van der Waals surface area contributed by atoms with Gasteiger partial charge in [0.1, 0.15) is 0 Å². The molecule has 0 spiro atoms. The zero-order valence-electron chi connectivity index (χ0n) is 23.7. The van der Waals surface area contributed by atoms with Crippen molar-refractivity contribution >= 4 is 0 Å². The van der Waals surface area contributed by atoms with Crippen LogP contribution in [0.1, 0.15) is 118 Å². The third-order valence-electron chi connectivity index (χ3n) is 9.60. The smallest absolute Gasteiger partial charge is 0.0811 e. The molecule has 36 heavy (non-hydrogen) atoms. The maximum absolute atomic E-state index is 10.3. The molecule has 3 rings (SSSR count). The van der Waals surface area contributed by atoms with Crippen LogP contribution in [0, 0.1) is 23.2 Å². The van der Waals surface area contributed by atoms with Gasteiger partial charge in [0, 0.05) is 6.42 Å². The van der Waals surface area contributed by atoms with Crippen LogP contribution >= 0.6 is 0 Å². The van der Waals surface area contributed by atoms with Crippen molar-refractivity contribution < 1.29 is 20.4 Å². The van der Waals surface area contributed by atoms with E-state index in [0.717, 1.165) is 56.1 Å². The normalized spacial score (nSPS) is 34.1. The Morgan fingerprint density at radius 1 is 1.00 bits per heavy atom. The lowest BCUT2D eigenvalue weighted by molar-refractivity contribution is 0.0480. The van der Waals surface area contributed by atoms with E-state index in [-0.39, 0.29) is 0 Å². The summed E-state index contributed by atoms with van der Waals surface area (Å²) in [6, 6.07) is 0. The first-order valence-electron chi connectivity index (χ1n) is 14.6. The molecule has 0 amide bonds. The largest absolute Gasteiger partial charge is 0.393 e. The van der Waals surface area contributed by atoms with Crippen LogP contribution in [0.5, 0.6) is 0 Å². The molecular formula is C32H54O4. The van der Waals surface area contributed by atoms with Gasteiger partial charge in [0.05, 0.1) is 23.4 Å². The molecule has 0 heterocycles. The summed E-state index contributed by atoms with van der Waals surface area (Å²) >= 11 is 0. The van der Waals surface area contributed by atoms with Gasteiger partial charge in [0.25, 0.3) is 0 Å². The minimum Gasteiger partial charge on any atom is -0.393 e. The number of aliphatic hydroxyl groups is 4. The predicted octanol–water partition coefficient (Wildman–Crippen LogP) is 6.63. The van der Waals surface area contributed by atoms with E-state index < -0.39 is 23.4 Å². The first-order chi connectivity index (χ1) is 16.7. The van der Waals surface area contributed by atoms with E-state index in [2.05, 4.69) is 25.7 Å². The van der Waals surface area contributed by atoms with Crippen molar-refractivity contribution in [2.45, 2.75) is 141 Å². The molecule has 4 heteroatoms. The highest BCUT2D eigenvalue weighted by Crippen LogP contribution is 2.60. The topological polar surface area (TPSA) is 80.9 Å². The highest BCUT2D eigenvalue weighted by molar-refractivity contribution is 5.38. The van der Waals surface area contributed by atoms with Crippen molar-refractivity contribution in [1.29, 1.82) is 0 Å². The van der Waals surface area contributed by atoms with Crippen LogP contribution in [-0.4, -0.2) is 43.8 Å². The molecule has 3 saturated carbocycles. The molecule has 0 bridgehead atoms. The summed E-state index contributed by atoms with van der Waals surface area (Å²) < 4.78 is 0. The second-order valence-corrected chi connectivity index (χ2v) is 13.8. The molecule has 0 saturated heterocycles. The summed E-state index contributed by atoms with van der Waals surface area (Å²) in [6.45, 7) is 14.3. The zero-order chi connectivity index (χ0) is 26.7. The molecule has 3 aliphatic carbocycles. The molecule has 5 atom stereocenters. The Hall–Kier alpha value is -0.940. The van der Waals surface area contributed by atoms with Crippen LogP contribution in [0.15, 0.2) is 35.5 Å². The van der Waals surface area contributed by atoms with Gasteiger partial charge >= 0.3 is 0 Å². The van der Waals surface area contributed by atoms with E-state index >= 15 is 0 Å². The number of hydrogen-bond donors (Lipinski definition) is 4. The summed E-state index contributed by atoms with van der Waals surface area (Å²) in [5, 5.41) is 40.9. The van der Waals surface area contributed by atoms with E-state index in [9.17, 15) is 20.4 Å². The molecule has 0 aliphatic heterocycles. The highest BCUT2D eigenvalue weighted by Gasteiger charge is 2.51. The Morgan fingerprint density at radius 3 is 2.19 bits per heavy atom. The minimum atomic E-state index is -0.639. The number of allylic oxidation sites excluding steroid dienone is 3. The van der Waals surface area contributed by atoms with Crippen LogP contribution in [0.25, 0.3) is 0 Å². The fourth-order valence-corrected chi connectivity index (χ4v) is 7.66. The van der Waals surface area contributed by atoms with Crippen LogP contribution < -0.4 is 0 Å². The maximum atomic E-state index is 10.3. The van der Waals surface area contributed by atoms with Crippen molar-refractivity contribution in [2.24, 2.45) is 23.2 Å². The van der Waals surface area contributed by atoms with Crippen LogP contribution in [0.4, 0.5) is 0 Å². The number of aliphatic hydroxyl groups excluding tert-OH is 2. The van der Waals surface area contributed by atoms with Crippen molar-refractivity contribution in [3.8, 4) is 0 Å². The highest BCUT2D eigenvalue weighted by atomic mass is 16.3. The first-order valence-corrected chi connectivity index (χ1v) is 14.6. The molecule has 3 fully saturated rings. The minimum absolute atomic E-state index is 0.291. The van der Waals surface area contributed by atoms with Gasteiger partial charge < -0.3 is 20.4 Å². The maximum Gasteiger partial charge on any atom is 0.0811 e. The molecular weight excluding hydrogens is 448 g/mol. The third kappa shape index (κ3) is 7.79. The Bertz CT molecular complexity index is 791. The van der Waals surface area contributed by atoms with Crippen LogP contribution in [-0.2, 0) is 0 Å². The van der Waals surface area contributed by atoms with Gasteiger partial charge in [-0.25, -0.2) is 0 Å². The monoisotopic (exact) mass is 502 g/mol. The van der Waals surface area contributed by atoms with Gasteiger partial charge in [-0.15, -0.1) is 0 Å². The second kappa shape index (κ2) is 11.8. The fourth-order valence-electron chi connectivity index (χ4n) is 7.66. The van der Waals surface area contributed by atoms with Gasteiger partial charge in [-0.05, 0) is 113 Å². The van der Waals surface area contributed by atoms with Gasteiger partial charge in [0.2, 0.25) is 0 Å². The molecule has 206 valence electrons. The lowest BCUT2D eigenvalue weighted by Gasteiger charge is -2.45. The lowest BCUT2D eigenvalue weighted by Crippen LogP contribution is -2.37. The average Bonchev–Trinajstić information content (AvgIpc) is 3.10. The molecule has 0 aromatic rings. The van der Waals surface area contributed by atoms with Crippen LogP contribution in [0.2, 0.25) is 0 Å². The van der Waals surface area contributed by atoms with Gasteiger partial charge in [-0.1, -0.05) is 56.9 Å². The number of rotatable bonds is 10. The van der Waals surface area contributed by atoms with E-state index in [0.29, 0.717) is 36.0 Å². The van der Waals surface area contributed by atoms with Crippen LogP contribution in [0.3, 0.4) is 0 Å². The summed E-state index contributed by atoms with van der Waals surface area (Å²) in [5.74, 6) is 1.90. The Balaban J connectivity index is 1.77. The predicted molar refractivity (Wildman–Crippen MR) is 149 cm³/mol. The lowest BCUT2D eigenvalue weighted by atomic mass is 9.60. The standard InChI is InChI=1S/C32H54O4/c1-22-25(20-26(33)21-29(22)34)14-13-24-12-9-19-32(6)27(15-16-28(24)32)23(10-7-17-30(2,3)35)11-8-18-31(4,5)36/h13-14,23,26-29,33-36H,1,7-12,15-21H2,2-6H3/t26-,27-,28+,29+,32-/m1/s1. The Kier molecular flexibility index (Phi) is 9.74. The van der Waals surface area contributed by atoms with E-state index in [1.807, 2.05) is 27.7 Å². The summed E-state index contributed by atoms with van der Waals surface area (Å²) in [7, 11) is 0. The zero-order valence-corrected chi connectivity index (χ0v) is 23.7. The quantitative estimate of drug-likeness (QED) is 0.270. The van der Waals surface area contributed by atoms with Crippen molar-refractivity contribution in [3.63, 3.8) is 0 Å². The third-order valence-corrected chi connectivity index (χ3v) is 9.60. The fraction of sp³-hybridized carbons (Fsp3) is 0.812. The SMILES string of the molecule is C=C1C(=CC=C2CCC[C@]3(C)[C@@H](C(CCCC(C)(C)O)CCCC(C)(C)O)CC[C@@H]23)C[C@@H](O)C[C@@H]1O. The van der Waals surface area contributed by atoms with Crippen molar-refractivity contribution in [1.82, 2.24) is 0 Å². The Morgan fingerprint density at radius 2 is 1.61 bits per heavy atom. The van der Waals surface area contributed by atoms with Gasteiger partial charge in [-0.3, -0.25) is 0 Å². The van der Waals surface area contributed by atoms with E-state index in [1.165, 1.54) is 31.3 Å². The molecule has 0 aromatic carbocycles. The van der Waals surface area contributed by atoms with Crippen molar-refractivity contribution in [2.75, 3.05) is 0 Å². The van der Waals surface area contributed by atoms with E-state index in [1.54, 1.807) is 0 Å². The van der Waals surface area contributed by atoms with Gasteiger partial charge in [0.15, 0.2) is 0 Å². The summed E-state index contributed by atoms with van der Waals surface area (Å²) in [4.78, 5) is 0. The molecule has 0 aromatic heterocycles. The summed E-state index contributed by atoms with van der Waals surface area (Å²) in [6.07, 6.45) is 16.5. The average molecular weight is 503 g/mol. The van der Waals surface area contributed by atoms with Crippen molar-refractivity contribution in [3.05, 3.63) is 35.5 Å². The molecule has 4 nitrogen and oxygen atoms in total. The molecule has 0 radical (unpaired) electrons. The molecule has 3 aliphatic rings. The summed E-state index contributed by atoms with van der Waals surface area (Å²) in [5.41, 5.74) is 2.36. The van der Waals surface area contributed by atoms with Gasteiger partial charge in [-0.2, -0.15) is 0 Å². The number of hydrogen-bond acceptors (Lipinski definition) is 4. The number of fused-ring (bicyclic) bond motifs is 1. The second-order valence-electron chi connectivity index (χ2n) is 13.8. The first kappa shape index (κ1) is 29.6. The molecule has 4 N–H and O–H groups in total. The molecule has 0 unspecified atom stereocenters. The van der Waals surface area contributed by atoms with E-state index in [4.69, 9.17) is 0 Å².